The Hall–Kier alpha value is -2.54. The van der Waals surface area contributed by atoms with Crippen molar-refractivity contribution in [1.82, 2.24) is 0 Å². The van der Waals surface area contributed by atoms with E-state index in [1.807, 2.05) is 0 Å². The van der Waals surface area contributed by atoms with E-state index >= 15 is 0 Å². The van der Waals surface area contributed by atoms with Gasteiger partial charge in [0.05, 0.1) is 0 Å². The summed E-state index contributed by atoms with van der Waals surface area (Å²) >= 11 is 1.81. The van der Waals surface area contributed by atoms with Gasteiger partial charge >= 0.3 is 258 Å². The van der Waals surface area contributed by atoms with Gasteiger partial charge in [0.25, 0.3) is 0 Å². The zero-order valence-electron chi connectivity index (χ0n) is 24.3. The van der Waals surface area contributed by atoms with Gasteiger partial charge in [-0.15, -0.1) is 0 Å². The van der Waals surface area contributed by atoms with Gasteiger partial charge in [-0.2, -0.15) is 0 Å². The Morgan fingerprint density at radius 1 is 0.575 bits per heavy atom. The van der Waals surface area contributed by atoms with Gasteiger partial charge in [-0.1, -0.05) is 0 Å². The molecule has 4 aromatic carbocycles. The van der Waals surface area contributed by atoms with E-state index < -0.39 is 5.92 Å². The monoisotopic (exact) mass is 613 g/mol. The normalized spacial score (nSPS) is 18.2. The standard InChI is InChI=1S/C38H39Si.Zr/c1-5-27-21-35-31(29-17-13-25(3)14-18-29)9-7-11-33(35)37(27)23-39-24-38-28(6-2)22-36-32(10-8-12-34(36)38)30-19-15-26(4)16-20-30;/h7-22,37-39H,5-6,23-24H2,1-4H3;. The summed E-state index contributed by atoms with van der Waals surface area (Å²) in [6.45, 7) is 9.05. The van der Waals surface area contributed by atoms with Gasteiger partial charge in [0.2, 0.25) is 0 Å². The minimum absolute atomic E-state index is 0.607. The molecule has 0 aromatic heterocycles. The number of fused-ring (bicyclic) bond motifs is 2. The van der Waals surface area contributed by atoms with Crippen LogP contribution in [0.25, 0.3) is 34.4 Å². The van der Waals surface area contributed by atoms with Gasteiger partial charge in [-0.3, -0.25) is 0 Å². The van der Waals surface area contributed by atoms with Gasteiger partial charge < -0.3 is 0 Å². The fourth-order valence-corrected chi connectivity index (χ4v) is 12.9. The molecule has 199 valence electrons. The zero-order valence-corrected chi connectivity index (χ0v) is 27.9. The Bertz CT molecular complexity index is 1470. The maximum atomic E-state index is 2.54. The van der Waals surface area contributed by atoms with E-state index in [1.165, 1.54) is 56.6 Å². The van der Waals surface area contributed by atoms with E-state index in [1.54, 1.807) is 46.2 Å². The Morgan fingerprint density at radius 2 is 0.975 bits per heavy atom. The first-order valence-electron chi connectivity index (χ1n) is 15.0. The summed E-state index contributed by atoms with van der Waals surface area (Å²) < 4.78 is 0. The fraction of sp³-hybridized carbons (Fsp3) is 0.263. The molecule has 0 spiro atoms. The molecule has 4 aromatic rings. The predicted octanol–water partition coefficient (Wildman–Crippen LogP) is 10.4. The van der Waals surface area contributed by atoms with Gasteiger partial charge in [-0.05, 0) is 0 Å². The number of benzene rings is 4. The molecular weight excluding hydrogens is 576 g/mol. The molecule has 0 fully saturated rings. The summed E-state index contributed by atoms with van der Waals surface area (Å²) in [5, 5.41) is 0. The third kappa shape index (κ3) is 5.26. The molecule has 6 rings (SSSR count). The number of allylic oxidation sites excluding steroid dienone is 2. The predicted molar refractivity (Wildman–Crippen MR) is 172 cm³/mol. The minimum atomic E-state index is -0.915. The summed E-state index contributed by atoms with van der Waals surface area (Å²) in [6, 6.07) is 35.0. The number of hydrogen-bond donors (Lipinski definition) is 0. The maximum absolute atomic E-state index is 2.54. The van der Waals surface area contributed by atoms with Crippen LogP contribution in [-0.2, 0) is 23.9 Å². The van der Waals surface area contributed by atoms with Crippen LogP contribution in [0.15, 0.2) is 96.1 Å². The average Bonchev–Trinajstić information content (AvgIpc) is 3.51. The molecule has 0 N–H and O–H groups in total. The molecular formula is C38H39SiZr. The van der Waals surface area contributed by atoms with E-state index in [4.69, 9.17) is 0 Å². The molecule has 2 heteroatoms. The fourth-order valence-electron chi connectivity index (χ4n) is 6.96. The van der Waals surface area contributed by atoms with Crippen LogP contribution in [0.5, 0.6) is 0 Å². The van der Waals surface area contributed by atoms with Crippen molar-refractivity contribution in [2.75, 3.05) is 0 Å². The van der Waals surface area contributed by atoms with E-state index in [0.717, 1.165) is 12.8 Å². The quantitative estimate of drug-likeness (QED) is 0.173. The molecule has 40 heavy (non-hydrogen) atoms. The van der Waals surface area contributed by atoms with Crippen LogP contribution in [0.1, 0.15) is 71.9 Å². The SMILES string of the molecule is CCC1=Cc2c(-c3ccc(C)cc3)cccc2C1C[SiH]([Zr])CC1C(CC)=Cc2c(-c3ccc(C)cc3)cccc21. The third-order valence-electron chi connectivity index (χ3n) is 9.17. The van der Waals surface area contributed by atoms with E-state index in [2.05, 4.69) is 125 Å². The van der Waals surface area contributed by atoms with Crippen molar-refractivity contribution in [1.29, 1.82) is 0 Å². The van der Waals surface area contributed by atoms with Crippen LogP contribution in [0.3, 0.4) is 0 Å². The third-order valence-corrected chi connectivity index (χ3v) is 14.7. The first-order chi connectivity index (χ1) is 19.5. The average molecular weight is 615 g/mol. The number of hydrogen-bond acceptors (Lipinski definition) is 0. The van der Waals surface area contributed by atoms with Crippen molar-refractivity contribution in [3.8, 4) is 22.3 Å². The molecule has 0 amide bonds. The van der Waals surface area contributed by atoms with Crippen LogP contribution in [0, 0.1) is 13.8 Å². The molecule has 0 saturated heterocycles. The second kappa shape index (κ2) is 11.8. The molecule has 2 aliphatic rings. The summed E-state index contributed by atoms with van der Waals surface area (Å²) in [7, 11) is 0. The summed E-state index contributed by atoms with van der Waals surface area (Å²) in [6.07, 6.45) is 7.39. The van der Waals surface area contributed by atoms with Crippen LogP contribution in [0.4, 0.5) is 0 Å². The van der Waals surface area contributed by atoms with Crippen molar-refractivity contribution in [2.45, 2.75) is 64.5 Å². The molecule has 0 aliphatic heterocycles. The van der Waals surface area contributed by atoms with Crippen LogP contribution < -0.4 is 0 Å². The van der Waals surface area contributed by atoms with Crippen LogP contribution in [0.2, 0.25) is 12.1 Å². The summed E-state index contributed by atoms with van der Waals surface area (Å²) in [5.74, 6) is 0.298. The van der Waals surface area contributed by atoms with Crippen molar-refractivity contribution in [2.24, 2.45) is 0 Å². The van der Waals surface area contributed by atoms with E-state index in [-0.39, 0.29) is 0 Å². The molecule has 0 saturated carbocycles. The van der Waals surface area contributed by atoms with Crippen molar-refractivity contribution < 1.29 is 23.9 Å². The summed E-state index contributed by atoms with van der Waals surface area (Å²) in [4.78, 5) is 0. The zero-order chi connectivity index (χ0) is 27.8. The van der Waals surface area contributed by atoms with Crippen molar-refractivity contribution >= 4 is 18.1 Å². The van der Waals surface area contributed by atoms with E-state index in [0.29, 0.717) is 11.8 Å². The Kier molecular flexibility index (Phi) is 8.11. The Balaban J connectivity index is 1.26. The van der Waals surface area contributed by atoms with Crippen molar-refractivity contribution in [3.63, 3.8) is 0 Å². The molecule has 0 nitrogen and oxygen atoms in total. The van der Waals surface area contributed by atoms with Crippen LogP contribution in [-0.4, -0.2) is 5.92 Å². The molecule has 2 aliphatic carbocycles. The molecule has 0 heterocycles. The summed E-state index contributed by atoms with van der Waals surface area (Å²) in [5.41, 5.74) is 17.5. The Morgan fingerprint density at radius 3 is 1.35 bits per heavy atom. The second-order valence-electron chi connectivity index (χ2n) is 11.8. The number of aryl methyl sites for hydroxylation is 2. The molecule has 0 radical (unpaired) electrons. The number of rotatable bonds is 8. The Labute approximate surface area is 256 Å². The molecule has 2 atom stereocenters. The first kappa shape index (κ1) is 27.6. The van der Waals surface area contributed by atoms with Crippen LogP contribution >= 0.6 is 0 Å². The van der Waals surface area contributed by atoms with Crippen molar-refractivity contribution in [3.05, 3.63) is 129 Å². The molecule has 2 unspecified atom stereocenters. The van der Waals surface area contributed by atoms with Gasteiger partial charge in [-0.25, -0.2) is 0 Å². The first-order valence-corrected chi connectivity index (χ1v) is 21.5. The van der Waals surface area contributed by atoms with E-state index in [9.17, 15) is 0 Å². The topological polar surface area (TPSA) is 0 Å². The molecule has 0 bridgehead atoms. The van der Waals surface area contributed by atoms with Gasteiger partial charge in [0.1, 0.15) is 0 Å². The second-order valence-corrected chi connectivity index (χ2v) is 20.1. The van der Waals surface area contributed by atoms with Gasteiger partial charge in [0, 0.05) is 0 Å². The van der Waals surface area contributed by atoms with Gasteiger partial charge in [0.15, 0.2) is 0 Å².